The Balaban J connectivity index is 3.59. The quantitative estimate of drug-likeness (QED) is 0.328. The van der Waals surface area contributed by atoms with E-state index in [0.29, 0.717) is 0 Å². The van der Waals surface area contributed by atoms with Gasteiger partial charge in [0, 0.05) is 11.8 Å². The summed E-state index contributed by atoms with van der Waals surface area (Å²) in [5.74, 6) is 0.859. The highest BCUT2D eigenvalue weighted by atomic mass is 32.1. The summed E-state index contributed by atoms with van der Waals surface area (Å²) >= 11 is 4.04. The molecule has 0 saturated carbocycles. The molecular formula is C8H14NS+. The monoisotopic (exact) mass is 156 g/mol. The van der Waals surface area contributed by atoms with Gasteiger partial charge < -0.3 is 0 Å². The van der Waals surface area contributed by atoms with Crippen molar-refractivity contribution < 1.29 is 4.99 Å². The molecule has 56 valence electrons. The van der Waals surface area contributed by atoms with E-state index in [1.807, 2.05) is 25.3 Å². The molecule has 1 N–H and O–H groups in total. The van der Waals surface area contributed by atoms with E-state index in [2.05, 4.69) is 24.2 Å². The highest BCUT2D eigenvalue weighted by Gasteiger charge is 1.79. The minimum atomic E-state index is 0.859. The molecule has 0 aliphatic carbocycles. The zero-order valence-corrected chi connectivity index (χ0v) is 7.20. The molecule has 0 aromatic rings. The van der Waals surface area contributed by atoms with Crippen LogP contribution >= 0.6 is 12.6 Å². The normalized spacial score (nSPS) is 12.4. The maximum Gasteiger partial charge on any atom is 0.162 e. The van der Waals surface area contributed by atoms with Gasteiger partial charge >= 0.3 is 0 Å². The topological polar surface area (TPSA) is 14.0 Å². The van der Waals surface area contributed by atoms with Crippen LogP contribution in [0.1, 0.15) is 6.92 Å². The van der Waals surface area contributed by atoms with Gasteiger partial charge in [0.25, 0.3) is 0 Å². The average molecular weight is 156 g/mol. The summed E-state index contributed by atoms with van der Waals surface area (Å²) in [4.78, 5) is 3.07. The molecule has 0 aliphatic heterocycles. The molecule has 0 aliphatic rings. The van der Waals surface area contributed by atoms with Crippen LogP contribution in [0.3, 0.4) is 0 Å². The van der Waals surface area contributed by atoms with Gasteiger partial charge in [-0.15, -0.1) is 0 Å². The zero-order chi connectivity index (χ0) is 7.82. The van der Waals surface area contributed by atoms with Gasteiger partial charge in [0.05, 0.1) is 0 Å². The molecule has 0 unspecified atom stereocenters. The third kappa shape index (κ3) is 5.63. The molecule has 0 aromatic carbocycles. The van der Waals surface area contributed by atoms with Crippen LogP contribution in [0.5, 0.6) is 0 Å². The zero-order valence-electron chi connectivity index (χ0n) is 6.30. The van der Waals surface area contributed by atoms with Gasteiger partial charge in [0.1, 0.15) is 6.54 Å². The number of nitrogens with one attached hydrogen (secondary N) is 1. The van der Waals surface area contributed by atoms with Crippen molar-refractivity contribution in [2.45, 2.75) is 6.92 Å². The highest BCUT2D eigenvalue weighted by molar-refractivity contribution is 7.80. The Morgan fingerprint density at radius 1 is 1.70 bits per heavy atom. The summed E-state index contributed by atoms with van der Waals surface area (Å²) < 4.78 is 0. The van der Waals surface area contributed by atoms with E-state index in [1.165, 1.54) is 0 Å². The van der Waals surface area contributed by atoms with E-state index < -0.39 is 0 Å². The van der Waals surface area contributed by atoms with Crippen molar-refractivity contribution >= 4 is 18.8 Å². The lowest BCUT2D eigenvalue weighted by Gasteiger charge is -1.80. The summed E-state index contributed by atoms with van der Waals surface area (Å²) in [6.07, 6.45) is 5.71. The minimum Gasteiger partial charge on any atom is -0.247 e. The molecule has 0 saturated heterocycles. The molecular weight excluding hydrogens is 142 g/mol. The van der Waals surface area contributed by atoms with Crippen LogP contribution in [0.4, 0.5) is 0 Å². The summed E-state index contributed by atoms with van der Waals surface area (Å²) in [6.45, 7) is 6.54. The Labute approximate surface area is 68.0 Å². The maximum atomic E-state index is 4.04. The van der Waals surface area contributed by atoms with Crippen LogP contribution in [-0.2, 0) is 0 Å². The average Bonchev–Trinajstić information content (AvgIpc) is 1.98. The number of allylic oxidation sites excluding steroid dienone is 3. The molecule has 0 radical (unpaired) electrons. The Hall–Kier alpha value is -0.500. The van der Waals surface area contributed by atoms with E-state index in [9.17, 15) is 0 Å². The number of rotatable bonds is 4. The molecule has 0 fully saturated rings. The molecule has 0 bridgehead atoms. The number of hydrogen-bond acceptors (Lipinski definition) is 1. The van der Waals surface area contributed by atoms with Crippen molar-refractivity contribution in [3.63, 3.8) is 0 Å². The Bertz CT molecular complexity index is 147. The molecule has 2 heteroatoms. The fourth-order valence-corrected chi connectivity index (χ4v) is 0.535. The van der Waals surface area contributed by atoms with Gasteiger partial charge in [0.2, 0.25) is 0 Å². The van der Waals surface area contributed by atoms with Crippen LogP contribution in [-0.4, -0.2) is 18.5 Å². The van der Waals surface area contributed by atoms with Crippen LogP contribution in [0.25, 0.3) is 0 Å². The van der Waals surface area contributed by atoms with Crippen LogP contribution in [0.2, 0.25) is 0 Å². The lowest BCUT2D eigenvalue weighted by Crippen LogP contribution is -2.69. The Morgan fingerprint density at radius 2 is 2.40 bits per heavy atom. The summed E-state index contributed by atoms with van der Waals surface area (Å²) in [5.41, 5.74) is 1.16. The van der Waals surface area contributed by atoms with Gasteiger partial charge in [-0.05, 0) is 12.5 Å². The molecule has 0 amide bonds. The third-order valence-corrected chi connectivity index (χ3v) is 1.27. The van der Waals surface area contributed by atoms with Gasteiger partial charge in [-0.1, -0.05) is 12.7 Å². The summed E-state index contributed by atoms with van der Waals surface area (Å²) in [7, 11) is 0. The van der Waals surface area contributed by atoms with Crippen LogP contribution in [0.15, 0.2) is 24.3 Å². The highest BCUT2D eigenvalue weighted by Crippen LogP contribution is 1.86. The Morgan fingerprint density at radius 3 is 2.90 bits per heavy atom. The molecule has 0 rings (SSSR count). The number of thiol groups is 1. The van der Waals surface area contributed by atoms with E-state index in [0.717, 1.165) is 17.9 Å². The van der Waals surface area contributed by atoms with Gasteiger partial charge in [-0.25, -0.2) is 4.99 Å². The minimum absolute atomic E-state index is 0.859. The lowest BCUT2D eigenvalue weighted by molar-refractivity contribution is -0.444. The van der Waals surface area contributed by atoms with Crippen molar-refractivity contribution in [3.05, 3.63) is 24.3 Å². The standard InChI is InChI=1S/C8H13NS/c1-3-8(2)4-5-9-6-7-10/h3-5,10H,1,6-7H2,2H3/p+1/b8-4-,9-5?. The van der Waals surface area contributed by atoms with E-state index >= 15 is 0 Å². The molecule has 0 heterocycles. The van der Waals surface area contributed by atoms with Gasteiger partial charge in [0.15, 0.2) is 6.21 Å². The number of hydrogen-bond donors (Lipinski definition) is 2. The van der Waals surface area contributed by atoms with Crippen molar-refractivity contribution in [1.29, 1.82) is 0 Å². The van der Waals surface area contributed by atoms with E-state index in [1.54, 1.807) is 0 Å². The van der Waals surface area contributed by atoms with Crippen molar-refractivity contribution in [3.8, 4) is 0 Å². The second-order valence-corrected chi connectivity index (χ2v) is 2.41. The van der Waals surface area contributed by atoms with E-state index in [4.69, 9.17) is 0 Å². The fourth-order valence-electron chi connectivity index (χ4n) is 0.406. The second-order valence-electron chi connectivity index (χ2n) is 1.96. The maximum absolute atomic E-state index is 4.04. The molecule has 0 spiro atoms. The van der Waals surface area contributed by atoms with Crippen molar-refractivity contribution in [1.82, 2.24) is 0 Å². The predicted molar refractivity (Wildman–Crippen MR) is 49.7 cm³/mol. The first-order valence-electron chi connectivity index (χ1n) is 3.28. The molecule has 0 atom stereocenters. The molecule has 0 aromatic heterocycles. The predicted octanol–water partition coefficient (Wildman–Crippen LogP) is 0.200. The lowest BCUT2D eigenvalue weighted by atomic mass is 10.3. The summed E-state index contributed by atoms with van der Waals surface area (Å²) in [6, 6.07) is 0. The first-order valence-corrected chi connectivity index (χ1v) is 3.91. The smallest absolute Gasteiger partial charge is 0.162 e. The van der Waals surface area contributed by atoms with Crippen LogP contribution in [0, 0.1) is 0 Å². The van der Waals surface area contributed by atoms with Gasteiger partial charge in [-0.3, -0.25) is 0 Å². The fraction of sp³-hybridized carbons (Fsp3) is 0.375. The summed E-state index contributed by atoms with van der Waals surface area (Å²) in [5, 5.41) is 0. The van der Waals surface area contributed by atoms with Gasteiger partial charge in [-0.2, -0.15) is 12.6 Å². The first-order chi connectivity index (χ1) is 4.81. The van der Waals surface area contributed by atoms with E-state index in [-0.39, 0.29) is 0 Å². The third-order valence-electron chi connectivity index (χ3n) is 1.04. The van der Waals surface area contributed by atoms with Crippen LogP contribution < -0.4 is 4.99 Å². The molecule has 10 heavy (non-hydrogen) atoms. The Kier molecular flexibility index (Phi) is 6.29. The largest absolute Gasteiger partial charge is 0.247 e. The molecule has 1 nitrogen and oxygen atoms in total. The SMILES string of the molecule is C=C/C(C)=C\C=[NH+]CCS. The van der Waals surface area contributed by atoms with Crippen molar-refractivity contribution in [2.75, 3.05) is 12.3 Å². The first kappa shape index (κ1) is 9.50. The second kappa shape index (κ2) is 6.62. The van der Waals surface area contributed by atoms with Crippen molar-refractivity contribution in [2.24, 2.45) is 0 Å².